The number of rotatable bonds is 8. The molecule has 2 aromatic carbocycles. The Morgan fingerprint density at radius 3 is 2.27 bits per heavy atom. The van der Waals surface area contributed by atoms with E-state index in [0.29, 0.717) is 24.4 Å². The van der Waals surface area contributed by atoms with Crippen LogP contribution in [0.3, 0.4) is 0 Å². The molecule has 0 saturated heterocycles. The first kappa shape index (κ1) is 21.6. The van der Waals surface area contributed by atoms with Gasteiger partial charge in [0.1, 0.15) is 10.8 Å². The van der Waals surface area contributed by atoms with E-state index >= 15 is 0 Å². The molecule has 3 aromatic rings. The van der Waals surface area contributed by atoms with Gasteiger partial charge in [0.15, 0.2) is 0 Å². The third-order valence-electron chi connectivity index (χ3n) is 4.35. The maximum atomic E-state index is 12.3. The molecule has 0 atom stereocenters. The molecule has 30 heavy (non-hydrogen) atoms. The lowest BCUT2D eigenvalue weighted by Crippen LogP contribution is -2.14. The van der Waals surface area contributed by atoms with Crippen molar-refractivity contribution < 1.29 is 14.3 Å². The molecular formula is C23H25N3O3S. The largest absolute Gasteiger partial charge is 0.494 e. The summed E-state index contributed by atoms with van der Waals surface area (Å²) in [5.41, 5.74) is 3.28. The summed E-state index contributed by atoms with van der Waals surface area (Å²) < 4.78 is 5.54. The quantitative estimate of drug-likeness (QED) is 0.497. The molecule has 1 heterocycles. The number of aromatic nitrogens is 1. The zero-order valence-corrected chi connectivity index (χ0v) is 18.1. The number of thioether (sulfide) groups is 1. The lowest BCUT2D eigenvalue weighted by Gasteiger charge is -2.10. The van der Waals surface area contributed by atoms with Crippen molar-refractivity contribution in [1.29, 1.82) is 0 Å². The number of amides is 2. The maximum Gasteiger partial charge on any atom is 0.234 e. The van der Waals surface area contributed by atoms with E-state index in [1.54, 1.807) is 31.2 Å². The minimum atomic E-state index is -0.113. The average molecular weight is 424 g/mol. The number of carbonyl (C=O) groups is 2. The fraction of sp³-hybridized carbons (Fsp3) is 0.261. The van der Waals surface area contributed by atoms with Gasteiger partial charge in [0, 0.05) is 23.2 Å². The summed E-state index contributed by atoms with van der Waals surface area (Å²) in [6, 6.07) is 14.9. The van der Waals surface area contributed by atoms with Crippen molar-refractivity contribution in [2.24, 2.45) is 0 Å². The molecule has 0 bridgehead atoms. The van der Waals surface area contributed by atoms with E-state index in [2.05, 4.69) is 21.7 Å². The fourth-order valence-corrected chi connectivity index (χ4v) is 3.65. The molecule has 0 fully saturated rings. The monoisotopic (exact) mass is 423 g/mol. The number of anilines is 2. The molecule has 3 rings (SSSR count). The highest BCUT2D eigenvalue weighted by molar-refractivity contribution is 8.00. The zero-order chi connectivity index (χ0) is 21.5. The van der Waals surface area contributed by atoms with Crippen LogP contribution in [0.1, 0.15) is 25.8 Å². The number of hydrogen-bond donors (Lipinski definition) is 2. The number of hydrogen-bond acceptors (Lipinski definition) is 5. The van der Waals surface area contributed by atoms with Gasteiger partial charge in [-0.2, -0.15) is 0 Å². The van der Waals surface area contributed by atoms with Crippen LogP contribution in [0.25, 0.3) is 10.9 Å². The van der Waals surface area contributed by atoms with E-state index in [4.69, 9.17) is 4.74 Å². The van der Waals surface area contributed by atoms with Crippen LogP contribution in [0.4, 0.5) is 11.4 Å². The summed E-state index contributed by atoms with van der Waals surface area (Å²) in [6.45, 7) is 6.36. The smallest absolute Gasteiger partial charge is 0.234 e. The highest BCUT2D eigenvalue weighted by Gasteiger charge is 2.09. The Labute approximate surface area is 180 Å². The third-order valence-corrected chi connectivity index (χ3v) is 5.45. The van der Waals surface area contributed by atoms with E-state index < -0.39 is 0 Å². The molecule has 2 N–H and O–H groups in total. The number of fused-ring (bicyclic) bond motifs is 1. The summed E-state index contributed by atoms with van der Waals surface area (Å²) in [7, 11) is 0. The Balaban J connectivity index is 1.60. The van der Waals surface area contributed by atoms with Gasteiger partial charge in [0.05, 0.1) is 17.9 Å². The molecular weight excluding hydrogens is 398 g/mol. The van der Waals surface area contributed by atoms with Gasteiger partial charge in [-0.05, 0) is 67.9 Å². The number of benzene rings is 2. The second kappa shape index (κ2) is 10.1. The summed E-state index contributed by atoms with van der Waals surface area (Å²) in [4.78, 5) is 28.5. The molecule has 0 spiro atoms. The number of carbonyl (C=O) groups excluding carboxylic acids is 2. The fourth-order valence-electron chi connectivity index (χ4n) is 2.86. The van der Waals surface area contributed by atoms with Gasteiger partial charge in [-0.3, -0.25) is 9.59 Å². The van der Waals surface area contributed by atoms with Crippen molar-refractivity contribution in [3.63, 3.8) is 0 Å². The molecule has 1 aromatic heterocycles. The van der Waals surface area contributed by atoms with Gasteiger partial charge in [0.2, 0.25) is 11.8 Å². The first-order valence-corrected chi connectivity index (χ1v) is 10.8. The van der Waals surface area contributed by atoms with Gasteiger partial charge >= 0.3 is 0 Å². The first-order chi connectivity index (χ1) is 14.5. The van der Waals surface area contributed by atoms with Gasteiger partial charge in [-0.1, -0.05) is 18.7 Å². The predicted molar refractivity (Wildman–Crippen MR) is 122 cm³/mol. The lowest BCUT2D eigenvalue weighted by molar-refractivity contribution is -0.116. The second-order valence-corrected chi connectivity index (χ2v) is 7.68. The van der Waals surface area contributed by atoms with Crippen LogP contribution < -0.4 is 15.4 Å². The van der Waals surface area contributed by atoms with Gasteiger partial charge in [-0.15, -0.1) is 0 Å². The van der Waals surface area contributed by atoms with Crippen molar-refractivity contribution in [3.8, 4) is 5.75 Å². The summed E-state index contributed by atoms with van der Waals surface area (Å²) in [6.07, 6.45) is 0.422. The van der Waals surface area contributed by atoms with Crippen molar-refractivity contribution >= 4 is 45.9 Å². The van der Waals surface area contributed by atoms with Crippen LogP contribution in [-0.2, 0) is 9.59 Å². The maximum absolute atomic E-state index is 12.3. The van der Waals surface area contributed by atoms with E-state index in [-0.39, 0.29) is 17.6 Å². The number of aryl methyl sites for hydroxylation is 1. The molecule has 6 nitrogen and oxygen atoms in total. The Morgan fingerprint density at radius 1 is 0.967 bits per heavy atom. The van der Waals surface area contributed by atoms with E-state index in [9.17, 15) is 9.59 Å². The summed E-state index contributed by atoms with van der Waals surface area (Å²) in [5.74, 6) is 0.921. The molecule has 0 radical (unpaired) electrons. The first-order valence-electron chi connectivity index (χ1n) is 9.85. The van der Waals surface area contributed by atoms with Crippen molar-refractivity contribution in [2.45, 2.75) is 32.2 Å². The van der Waals surface area contributed by atoms with Crippen LogP contribution >= 0.6 is 11.8 Å². The second-order valence-electron chi connectivity index (χ2n) is 6.71. The third kappa shape index (κ3) is 5.73. The molecule has 0 aliphatic carbocycles. The number of nitrogens with zero attached hydrogens (tertiary/aromatic N) is 1. The predicted octanol–water partition coefficient (Wildman–Crippen LogP) is 5.02. The van der Waals surface area contributed by atoms with Crippen LogP contribution in [-0.4, -0.2) is 29.2 Å². The van der Waals surface area contributed by atoms with E-state index in [1.165, 1.54) is 11.8 Å². The number of nitrogens with one attached hydrogen (secondary N) is 2. The Bertz CT molecular complexity index is 1050. The van der Waals surface area contributed by atoms with Crippen LogP contribution in [0.15, 0.2) is 53.6 Å². The summed E-state index contributed by atoms with van der Waals surface area (Å²) in [5, 5.41) is 7.50. The molecule has 7 heteroatoms. The van der Waals surface area contributed by atoms with Gasteiger partial charge in [0.25, 0.3) is 0 Å². The van der Waals surface area contributed by atoms with Gasteiger partial charge < -0.3 is 15.4 Å². The SMILES string of the molecule is CCOc1ccc2nc(SCC(=O)Nc3ccc(NC(=O)CC)cc3)c(C)cc2c1. The standard InChI is InChI=1S/C23H25N3O3S/c1-4-21(27)24-17-6-8-18(9-7-17)25-22(28)14-30-23-15(3)12-16-13-19(29-5-2)10-11-20(16)26-23/h6-13H,4-5,14H2,1-3H3,(H,24,27)(H,25,28). The van der Waals surface area contributed by atoms with E-state index in [0.717, 1.165) is 27.2 Å². The number of ether oxygens (including phenoxy) is 1. The molecule has 0 aliphatic heterocycles. The Kier molecular flexibility index (Phi) is 7.30. The van der Waals surface area contributed by atoms with Crippen molar-refractivity contribution in [3.05, 3.63) is 54.1 Å². The molecule has 0 aliphatic rings. The summed E-state index contributed by atoms with van der Waals surface area (Å²) >= 11 is 1.41. The van der Waals surface area contributed by atoms with Crippen molar-refractivity contribution in [2.75, 3.05) is 23.0 Å². The minimum Gasteiger partial charge on any atom is -0.494 e. The van der Waals surface area contributed by atoms with Crippen LogP contribution in [0, 0.1) is 6.92 Å². The topological polar surface area (TPSA) is 80.3 Å². The van der Waals surface area contributed by atoms with Crippen LogP contribution in [0.5, 0.6) is 5.75 Å². The molecule has 2 amide bonds. The normalized spacial score (nSPS) is 10.6. The Morgan fingerprint density at radius 2 is 1.63 bits per heavy atom. The number of pyridine rings is 1. The van der Waals surface area contributed by atoms with E-state index in [1.807, 2.05) is 32.0 Å². The highest BCUT2D eigenvalue weighted by Crippen LogP contribution is 2.27. The average Bonchev–Trinajstić information content (AvgIpc) is 2.73. The van der Waals surface area contributed by atoms with Crippen LogP contribution in [0.2, 0.25) is 0 Å². The Hall–Kier alpha value is -3.06. The lowest BCUT2D eigenvalue weighted by atomic mass is 10.1. The van der Waals surface area contributed by atoms with Crippen molar-refractivity contribution in [1.82, 2.24) is 4.98 Å². The molecule has 0 unspecified atom stereocenters. The van der Waals surface area contributed by atoms with Gasteiger partial charge in [-0.25, -0.2) is 4.98 Å². The zero-order valence-electron chi connectivity index (χ0n) is 17.3. The minimum absolute atomic E-state index is 0.0458. The highest BCUT2D eigenvalue weighted by atomic mass is 32.2. The molecule has 156 valence electrons. The molecule has 0 saturated carbocycles.